The standard InChI is InChI=1S/C35H58N7O18P3S/c1-4-5-6-7-8-9-10-11-12-13-23(43)18-26(45)64-17-16-37-25(44)14-15-38-33(48)30(47)35(2,3)20-57-63(54,55)60-62(52,53)56-19-24-29(59-61(49,50)51)28(46)34(58-24)42-22-41-27-31(36)39-21-40-32(27)42/h7-8,10-11,21-24,28-30,34,43,46-47H,4-6,9,12-20H2,1-3H3,(H,37,44)(H,38,48)(H,52,53)(H,54,55)(H2,36,39,40)(H2,49,50,51)/b8-7+,11-10+. The number of hydrogen-bond donors (Lipinski definition) is 10. The van der Waals surface area contributed by atoms with Gasteiger partial charge in [0.05, 0.1) is 25.6 Å². The Labute approximate surface area is 373 Å². The minimum Gasteiger partial charge on any atom is -0.393 e. The van der Waals surface area contributed by atoms with E-state index in [4.69, 9.17) is 19.5 Å². The van der Waals surface area contributed by atoms with Crippen molar-refractivity contribution in [2.45, 2.75) is 109 Å². The number of rotatable bonds is 29. The third-order valence-corrected chi connectivity index (χ3v) is 13.2. The molecule has 3 heterocycles. The third-order valence-electron chi connectivity index (χ3n) is 9.16. The number of fused-ring (bicyclic) bond motifs is 1. The van der Waals surface area contributed by atoms with Gasteiger partial charge in [0, 0.05) is 37.1 Å². The number of carbonyl (C=O) groups is 3. The lowest BCUT2D eigenvalue weighted by Gasteiger charge is -2.30. The first-order chi connectivity index (χ1) is 29.9. The van der Waals surface area contributed by atoms with Gasteiger partial charge >= 0.3 is 23.5 Å². The number of nitrogens with two attached hydrogens (primary N) is 1. The maximum absolute atomic E-state index is 12.7. The van der Waals surface area contributed by atoms with Gasteiger partial charge in [-0.25, -0.2) is 28.6 Å². The van der Waals surface area contributed by atoms with E-state index in [0.29, 0.717) is 12.8 Å². The highest BCUT2D eigenvalue weighted by molar-refractivity contribution is 8.13. The van der Waals surface area contributed by atoms with E-state index >= 15 is 0 Å². The third kappa shape index (κ3) is 19.1. The monoisotopic (exact) mass is 989 g/mol. The molecule has 11 N–H and O–H groups in total. The molecule has 64 heavy (non-hydrogen) atoms. The molecule has 2 aromatic rings. The number of amides is 2. The lowest BCUT2D eigenvalue weighted by atomic mass is 9.87. The largest absolute Gasteiger partial charge is 0.481 e. The molecular weight excluding hydrogens is 931 g/mol. The first kappa shape index (κ1) is 55.3. The van der Waals surface area contributed by atoms with Gasteiger partial charge in [0.1, 0.15) is 36.3 Å². The molecule has 0 bridgehead atoms. The fourth-order valence-corrected chi connectivity index (χ4v) is 9.34. The molecule has 0 radical (unpaired) electrons. The molecule has 1 aliphatic rings. The molecule has 0 saturated carbocycles. The molecule has 2 aromatic heterocycles. The van der Waals surface area contributed by atoms with Crippen molar-refractivity contribution in [1.82, 2.24) is 30.2 Å². The highest BCUT2D eigenvalue weighted by Crippen LogP contribution is 2.61. The van der Waals surface area contributed by atoms with E-state index in [1.165, 1.54) is 13.8 Å². The van der Waals surface area contributed by atoms with Crippen molar-refractivity contribution in [3.8, 4) is 0 Å². The van der Waals surface area contributed by atoms with Crippen molar-refractivity contribution in [3.05, 3.63) is 37.0 Å². The number of allylic oxidation sites excluding steroid dienone is 4. The van der Waals surface area contributed by atoms with Crippen molar-refractivity contribution in [1.29, 1.82) is 0 Å². The maximum Gasteiger partial charge on any atom is 0.481 e. The summed E-state index contributed by atoms with van der Waals surface area (Å²) in [6, 6.07) is 0. The van der Waals surface area contributed by atoms with Crippen LogP contribution in [-0.4, -0.2) is 134 Å². The number of carbonyl (C=O) groups excluding carboxylic acids is 3. The summed E-state index contributed by atoms with van der Waals surface area (Å²) in [5.41, 5.74) is 4.24. The van der Waals surface area contributed by atoms with Gasteiger partial charge in [-0.3, -0.25) is 32.5 Å². The Bertz CT molecular complexity index is 2060. The first-order valence-corrected chi connectivity index (χ1v) is 25.5. The predicted molar refractivity (Wildman–Crippen MR) is 229 cm³/mol. The number of anilines is 1. The minimum atomic E-state index is -5.59. The molecule has 1 fully saturated rings. The van der Waals surface area contributed by atoms with Crippen molar-refractivity contribution < 1.29 is 85.6 Å². The average Bonchev–Trinajstić information content (AvgIpc) is 3.76. The van der Waals surface area contributed by atoms with Gasteiger partial charge in [0.25, 0.3) is 0 Å². The van der Waals surface area contributed by atoms with Gasteiger partial charge in [-0.1, -0.05) is 69.7 Å². The Morgan fingerprint density at radius 1 is 1.00 bits per heavy atom. The van der Waals surface area contributed by atoms with Crippen LogP contribution in [0.3, 0.4) is 0 Å². The zero-order chi connectivity index (χ0) is 47.7. The summed E-state index contributed by atoms with van der Waals surface area (Å²) in [7, 11) is -16.4. The zero-order valence-electron chi connectivity index (χ0n) is 35.4. The molecule has 8 unspecified atom stereocenters. The van der Waals surface area contributed by atoms with Crippen LogP contribution in [0.2, 0.25) is 0 Å². The van der Waals surface area contributed by atoms with Gasteiger partial charge in [0.2, 0.25) is 11.8 Å². The molecule has 0 aliphatic carbocycles. The summed E-state index contributed by atoms with van der Waals surface area (Å²) >= 11 is 0.968. The quantitative estimate of drug-likeness (QED) is 0.0316. The molecule has 29 heteroatoms. The highest BCUT2D eigenvalue weighted by Gasteiger charge is 2.50. The second-order valence-electron chi connectivity index (χ2n) is 15.0. The molecule has 362 valence electrons. The molecule has 1 saturated heterocycles. The molecule has 0 spiro atoms. The van der Waals surface area contributed by atoms with E-state index < -0.39 is 90.7 Å². The minimum absolute atomic E-state index is 0.0226. The SMILES string of the molecule is CCCC/C=C/C/C=C/CCC(O)CC(=O)SCCNC(=O)CCNC(=O)C(O)C(C)(C)COP(=O)(O)OP(=O)(O)OCC1OC(n2cnc3c(N)ncnc32)C(O)C1OP(=O)(O)O. The van der Waals surface area contributed by atoms with Gasteiger partial charge in [0.15, 0.2) is 22.8 Å². The number of nitrogens with zero attached hydrogens (tertiary/aromatic N) is 4. The smallest absolute Gasteiger partial charge is 0.393 e. The van der Waals surface area contributed by atoms with Crippen LogP contribution in [0.4, 0.5) is 5.82 Å². The lowest BCUT2D eigenvalue weighted by molar-refractivity contribution is -0.137. The van der Waals surface area contributed by atoms with Crippen LogP contribution in [0.25, 0.3) is 11.2 Å². The molecule has 2 amide bonds. The van der Waals surface area contributed by atoms with Crippen molar-refractivity contribution in [2.24, 2.45) is 5.41 Å². The van der Waals surface area contributed by atoms with E-state index in [9.17, 15) is 63.0 Å². The molecule has 8 atom stereocenters. The number of ether oxygens (including phenoxy) is 1. The molecule has 1 aliphatic heterocycles. The summed E-state index contributed by atoms with van der Waals surface area (Å²) in [4.78, 5) is 88.1. The maximum atomic E-state index is 12.7. The fourth-order valence-electron chi connectivity index (χ4n) is 5.77. The summed E-state index contributed by atoms with van der Waals surface area (Å²) in [5.74, 6) is -1.26. The van der Waals surface area contributed by atoms with E-state index in [2.05, 4.69) is 53.5 Å². The molecular formula is C35H58N7O18P3S. The number of hydrogen-bond acceptors (Lipinski definition) is 19. The number of phosphoric acid groups is 3. The number of thioether (sulfide) groups is 1. The molecule has 25 nitrogen and oxygen atoms in total. The second kappa shape index (κ2) is 25.8. The number of unbranched alkanes of at least 4 members (excludes halogenated alkanes) is 2. The lowest BCUT2D eigenvalue weighted by Crippen LogP contribution is -2.46. The zero-order valence-corrected chi connectivity index (χ0v) is 38.9. The Morgan fingerprint density at radius 3 is 2.38 bits per heavy atom. The highest BCUT2D eigenvalue weighted by atomic mass is 32.2. The van der Waals surface area contributed by atoms with Crippen molar-refractivity contribution in [3.63, 3.8) is 0 Å². The van der Waals surface area contributed by atoms with E-state index in [1.807, 2.05) is 12.2 Å². The normalized spacial score (nSPS) is 21.2. The number of imidazole rings is 1. The van der Waals surface area contributed by atoms with Crippen LogP contribution in [0.15, 0.2) is 37.0 Å². The summed E-state index contributed by atoms with van der Waals surface area (Å²) < 4.78 is 62.3. The summed E-state index contributed by atoms with van der Waals surface area (Å²) in [5, 5.41) is 36.4. The van der Waals surface area contributed by atoms with E-state index in [0.717, 1.165) is 54.7 Å². The Morgan fingerprint density at radius 2 is 1.69 bits per heavy atom. The molecule has 3 rings (SSSR count). The van der Waals surface area contributed by atoms with Crippen molar-refractivity contribution >= 4 is 69.1 Å². The van der Waals surface area contributed by atoms with Gasteiger partial charge < -0.3 is 56.0 Å². The van der Waals surface area contributed by atoms with Crippen LogP contribution in [0.5, 0.6) is 0 Å². The van der Waals surface area contributed by atoms with Crippen molar-refractivity contribution in [2.75, 3.05) is 37.8 Å². The van der Waals surface area contributed by atoms with Gasteiger partial charge in [-0.15, -0.1) is 0 Å². The van der Waals surface area contributed by atoms with E-state index in [-0.39, 0.29) is 53.8 Å². The first-order valence-electron chi connectivity index (χ1n) is 20.0. The summed E-state index contributed by atoms with van der Waals surface area (Å²) in [6.07, 6.45) is 5.70. The fraction of sp³-hybridized carbons (Fsp3) is 0.657. The Hall–Kier alpha value is -3.00. The topological polar surface area (TPSA) is 384 Å². The number of aliphatic hydroxyl groups excluding tert-OH is 3. The Balaban J connectivity index is 1.38. The number of nitrogens with one attached hydrogen (secondary N) is 2. The second-order valence-corrected chi connectivity index (χ2v) is 20.4. The number of phosphoric ester groups is 3. The van der Waals surface area contributed by atoms with Crippen LogP contribution < -0.4 is 16.4 Å². The number of nitrogen functional groups attached to an aromatic ring is 1. The predicted octanol–water partition coefficient (Wildman–Crippen LogP) is 1.89. The van der Waals surface area contributed by atoms with Gasteiger partial charge in [-0.2, -0.15) is 4.31 Å². The van der Waals surface area contributed by atoms with E-state index in [1.54, 1.807) is 0 Å². The van der Waals surface area contributed by atoms with Crippen LogP contribution in [0.1, 0.15) is 78.4 Å². The van der Waals surface area contributed by atoms with Gasteiger partial charge in [-0.05, 0) is 25.7 Å². The number of aliphatic hydroxyl groups is 3. The van der Waals surface area contributed by atoms with Crippen LogP contribution in [0, 0.1) is 5.41 Å². The summed E-state index contributed by atoms with van der Waals surface area (Å²) in [6.45, 7) is 2.49. The van der Waals surface area contributed by atoms with Crippen LogP contribution >= 0.6 is 35.2 Å². The number of aromatic nitrogens is 4. The van der Waals surface area contributed by atoms with Crippen LogP contribution in [-0.2, 0) is 50.7 Å². The Kier molecular flexibility index (Phi) is 22.3. The average molecular weight is 990 g/mol. The molecule has 0 aromatic carbocycles.